The number of nitro groups is 4. The first-order valence-corrected chi connectivity index (χ1v) is 6.30. The van der Waals surface area contributed by atoms with Crippen LogP contribution in [0.15, 0.2) is 0 Å². The molecule has 4 saturated carbocycles. The Kier molecular flexibility index (Phi) is 2.47. The predicted octanol–water partition coefficient (Wildman–Crippen LogP) is -0.187. The van der Waals surface area contributed by atoms with Crippen LogP contribution in [0.5, 0.6) is 0 Å². The van der Waals surface area contributed by atoms with E-state index in [1.165, 1.54) is 0 Å². The summed E-state index contributed by atoms with van der Waals surface area (Å²) < 4.78 is 0. The van der Waals surface area contributed by atoms with E-state index in [1.54, 1.807) is 0 Å². The minimum atomic E-state index is -2.82. The van der Waals surface area contributed by atoms with Crippen molar-refractivity contribution >= 4 is 0 Å². The molecule has 0 amide bonds. The molecular formula is C9H10N4O8. The van der Waals surface area contributed by atoms with Gasteiger partial charge in [0.1, 0.15) is 0 Å². The zero-order chi connectivity index (χ0) is 15.7. The van der Waals surface area contributed by atoms with Crippen LogP contribution in [-0.2, 0) is 0 Å². The number of rotatable bonds is 4. The molecule has 114 valence electrons. The summed E-state index contributed by atoms with van der Waals surface area (Å²) in [4.78, 5) is 41.4. The second-order valence-electron chi connectivity index (χ2n) is 5.86. The first-order chi connectivity index (χ1) is 9.74. The first-order valence-electron chi connectivity index (χ1n) is 6.30. The third-order valence-electron chi connectivity index (χ3n) is 5.47. The Hall–Kier alpha value is -2.40. The molecule has 0 N–H and O–H groups in total. The van der Waals surface area contributed by atoms with Crippen molar-refractivity contribution in [3.05, 3.63) is 40.5 Å². The van der Waals surface area contributed by atoms with Gasteiger partial charge in [0.15, 0.2) is 11.8 Å². The second kappa shape index (κ2) is 3.83. The van der Waals surface area contributed by atoms with E-state index in [2.05, 4.69) is 0 Å². The Balaban J connectivity index is 2.20. The number of hydrogen-bond acceptors (Lipinski definition) is 8. The van der Waals surface area contributed by atoms with Gasteiger partial charge in [-0.2, -0.15) is 0 Å². The molecule has 6 atom stereocenters. The van der Waals surface area contributed by atoms with Crippen LogP contribution in [0.2, 0.25) is 0 Å². The first kappa shape index (κ1) is 13.6. The number of nitrogens with zero attached hydrogens (tertiary/aromatic N) is 4. The van der Waals surface area contributed by atoms with Gasteiger partial charge >= 0.3 is 5.66 Å². The quantitative estimate of drug-likeness (QED) is 0.390. The fourth-order valence-electron chi connectivity index (χ4n) is 4.94. The number of hydrogen-bond donors (Lipinski definition) is 0. The highest BCUT2D eigenvalue weighted by Gasteiger charge is 2.89. The van der Waals surface area contributed by atoms with Gasteiger partial charge in [0.05, 0.1) is 9.85 Å². The molecule has 0 radical (unpaired) electrons. The highest BCUT2D eigenvalue weighted by molar-refractivity contribution is 5.15. The van der Waals surface area contributed by atoms with E-state index in [-0.39, 0.29) is 12.8 Å². The fourth-order valence-corrected chi connectivity index (χ4v) is 4.94. The maximum atomic E-state index is 11.4. The van der Waals surface area contributed by atoms with Crippen LogP contribution in [-0.4, -0.2) is 37.4 Å². The van der Waals surface area contributed by atoms with Crippen molar-refractivity contribution in [1.82, 2.24) is 0 Å². The van der Waals surface area contributed by atoms with Crippen molar-refractivity contribution in [2.75, 3.05) is 0 Å². The van der Waals surface area contributed by atoms with Crippen molar-refractivity contribution < 1.29 is 19.7 Å². The maximum absolute atomic E-state index is 11.4. The zero-order valence-electron chi connectivity index (χ0n) is 10.4. The Labute approximate surface area is 115 Å². The minimum absolute atomic E-state index is 0.208. The fraction of sp³-hybridized carbons (Fsp3) is 1.00. The summed E-state index contributed by atoms with van der Waals surface area (Å²) in [5, 5.41) is 45.1. The molecule has 4 rings (SSSR count). The monoisotopic (exact) mass is 302 g/mol. The van der Waals surface area contributed by atoms with Crippen molar-refractivity contribution in [3.8, 4) is 0 Å². The van der Waals surface area contributed by atoms with Crippen molar-refractivity contribution in [2.45, 2.75) is 30.6 Å². The van der Waals surface area contributed by atoms with Gasteiger partial charge in [0, 0.05) is 21.7 Å². The topological polar surface area (TPSA) is 173 Å². The SMILES string of the molecule is O=[N+]([O-])C1C2CC3C([N+](=O)[O-])C2CC1C3([N+](=O)[O-])[N+](=O)[O-]. The largest absolute Gasteiger partial charge is 0.477 e. The molecule has 0 aromatic carbocycles. The predicted molar refractivity (Wildman–Crippen MR) is 61.5 cm³/mol. The van der Waals surface area contributed by atoms with Crippen LogP contribution in [0.3, 0.4) is 0 Å². The summed E-state index contributed by atoms with van der Waals surface area (Å²) in [7, 11) is 0. The molecule has 4 aliphatic rings. The van der Waals surface area contributed by atoms with Crippen LogP contribution in [0.1, 0.15) is 12.8 Å². The molecule has 0 aromatic rings. The van der Waals surface area contributed by atoms with Gasteiger partial charge in [-0.3, -0.25) is 40.5 Å². The van der Waals surface area contributed by atoms with Crippen molar-refractivity contribution in [2.24, 2.45) is 23.7 Å². The van der Waals surface area contributed by atoms with Gasteiger partial charge < -0.3 is 0 Å². The lowest BCUT2D eigenvalue weighted by molar-refractivity contribution is -0.832. The summed E-state index contributed by atoms with van der Waals surface area (Å²) in [6, 6.07) is -2.90. The summed E-state index contributed by atoms with van der Waals surface area (Å²) in [5.74, 6) is -4.14. The lowest BCUT2D eigenvalue weighted by Crippen LogP contribution is -2.66. The molecule has 0 aliphatic heterocycles. The average Bonchev–Trinajstić information content (AvgIpc) is 2.78. The van der Waals surface area contributed by atoms with Gasteiger partial charge in [-0.15, -0.1) is 0 Å². The van der Waals surface area contributed by atoms with Crippen molar-refractivity contribution in [3.63, 3.8) is 0 Å². The minimum Gasteiger partial charge on any atom is -0.264 e. The van der Waals surface area contributed by atoms with Crippen molar-refractivity contribution in [1.29, 1.82) is 0 Å². The van der Waals surface area contributed by atoms with E-state index >= 15 is 0 Å². The smallest absolute Gasteiger partial charge is 0.264 e. The molecule has 6 unspecified atom stereocenters. The van der Waals surface area contributed by atoms with Crippen LogP contribution < -0.4 is 0 Å². The van der Waals surface area contributed by atoms with E-state index < -0.39 is 61.1 Å². The normalized spacial score (nSPS) is 41.9. The van der Waals surface area contributed by atoms with Crippen LogP contribution in [0, 0.1) is 64.1 Å². The molecular weight excluding hydrogens is 292 g/mol. The lowest BCUT2D eigenvalue weighted by Gasteiger charge is -2.34. The van der Waals surface area contributed by atoms with Gasteiger partial charge in [-0.25, -0.2) is 0 Å². The summed E-state index contributed by atoms with van der Waals surface area (Å²) in [6.45, 7) is 0. The lowest BCUT2D eigenvalue weighted by atomic mass is 9.68. The molecule has 4 fully saturated rings. The molecule has 0 aromatic heterocycles. The Bertz CT molecular complexity index is 528. The molecule has 0 saturated heterocycles. The highest BCUT2D eigenvalue weighted by Crippen LogP contribution is 2.64. The Morgan fingerprint density at radius 1 is 0.714 bits per heavy atom. The van der Waals surface area contributed by atoms with E-state index in [9.17, 15) is 40.5 Å². The van der Waals surface area contributed by atoms with Crippen LogP contribution >= 0.6 is 0 Å². The Morgan fingerprint density at radius 2 is 1.05 bits per heavy atom. The molecule has 12 heteroatoms. The molecule has 12 nitrogen and oxygen atoms in total. The third-order valence-corrected chi connectivity index (χ3v) is 5.47. The van der Waals surface area contributed by atoms with E-state index in [0.717, 1.165) is 0 Å². The average molecular weight is 302 g/mol. The molecule has 4 bridgehead atoms. The molecule has 4 aliphatic carbocycles. The summed E-state index contributed by atoms with van der Waals surface area (Å²) in [6.07, 6.45) is -0.416. The molecule has 21 heavy (non-hydrogen) atoms. The third kappa shape index (κ3) is 1.29. The molecule has 0 heterocycles. The van der Waals surface area contributed by atoms with Gasteiger partial charge in [-0.05, 0) is 12.8 Å². The van der Waals surface area contributed by atoms with Crippen LogP contribution in [0.4, 0.5) is 0 Å². The van der Waals surface area contributed by atoms with Gasteiger partial charge in [-0.1, -0.05) is 0 Å². The summed E-state index contributed by atoms with van der Waals surface area (Å²) >= 11 is 0. The zero-order valence-corrected chi connectivity index (χ0v) is 10.4. The second-order valence-corrected chi connectivity index (χ2v) is 5.86. The van der Waals surface area contributed by atoms with Gasteiger partial charge in [0.2, 0.25) is 12.1 Å². The summed E-state index contributed by atoms with van der Waals surface area (Å²) in [5.41, 5.74) is -2.82. The maximum Gasteiger partial charge on any atom is 0.477 e. The molecule has 0 spiro atoms. The Morgan fingerprint density at radius 3 is 1.29 bits per heavy atom. The van der Waals surface area contributed by atoms with E-state index in [0.29, 0.717) is 0 Å². The highest BCUT2D eigenvalue weighted by atomic mass is 16.7. The van der Waals surface area contributed by atoms with Crippen LogP contribution in [0.25, 0.3) is 0 Å². The van der Waals surface area contributed by atoms with E-state index in [4.69, 9.17) is 0 Å². The van der Waals surface area contributed by atoms with E-state index in [1.807, 2.05) is 0 Å². The standard InChI is InChI=1S/C9H10N4O8/c14-10(15)7-3-1-5-8(11(16)17)4(3)2-6(7)9(5,12(18)19)13(20)21/h3-8H,1-2H2. The van der Waals surface area contributed by atoms with Gasteiger partial charge in [0.25, 0.3) is 0 Å².